The van der Waals surface area contributed by atoms with E-state index < -0.39 is 0 Å². The summed E-state index contributed by atoms with van der Waals surface area (Å²) in [6.45, 7) is 2.21. The minimum absolute atomic E-state index is 0.195. The number of rotatable bonds is 4. The van der Waals surface area contributed by atoms with Crippen LogP contribution >= 0.6 is 0 Å². The Kier molecular flexibility index (Phi) is 3.83. The van der Waals surface area contributed by atoms with Crippen LogP contribution in [0.15, 0.2) is 12.1 Å². The lowest BCUT2D eigenvalue weighted by atomic mass is 10.1. The van der Waals surface area contributed by atoms with Crippen LogP contribution in [0.3, 0.4) is 0 Å². The summed E-state index contributed by atoms with van der Waals surface area (Å²) in [6, 6.07) is 3.55. The molecule has 1 atom stereocenters. The molecular formula is C14H19NO4. The van der Waals surface area contributed by atoms with Crippen LogP contribution in [0.2, 0.25) is 0 Å². The van der Waals surface area contributed by atoms with Gasteiger partial charge in [0.2, 0.25) is 0 Å². The van der Waals surface area contributed by atoms with Crippen molar-refractivity contribution in [3.63, 3.8) is 0 Å². The van der Waals surface area contributed by atoms with Gasteiger partial charge in [0, 0.05) is 25.2 Å². The summed E-state index contributed by atoms with van der Waals surface area (Å²) in [5, 5.41) is 0. The van der Waals surface area contributed by atoms with Gasteiger partial charge in [-0.25, -0.2) is 4.79 Å². The number of carbonyl (C=O) groups excluding carboxylic acids is 1. The van der Waals surface area contributed by atoms with E-state index in [9.17, 15) is 4.79 Å². The molecule has 19 heavy (non-hydrogen) atoms. The highest BCUT2D eigenvalue weighted by molar-refractivity contribution is 5.84. The molecule has 0 bridgehead atoms. The van der Waals surface area contributed by atoms with Gasteiger partial charge in [0.25, 0.3) is 0 Å². The fraction of sp³-hybridized carbons (Fsp3) is 0.500. The van der Waals surface area contributed by atoms with E-state index in [2.05, 4.69) is 0 Å². The highest BCUT2D eigenvalue weighted by Crippen LogP contribution is 2.40. The number of anilines is 1. The van der Waals surface area contributed by atoms with Gasteiger partial charge in [0.1, 0.15) is 6.04 Å². The number of likely N-dealkylation sites (N-methyl/N-ethyl adjacent to an activating group) is 1. The molecule has 5 nitrogen and oxygen atoms in total. The van der Waals surface area contributed by atoms with Crippen LogP contribution < -0.4 is 14.4 Å². The molecule has 0 spiro atoms. The van der Waals surface area contributed by atoms with Gasteiger partial charge in [0.15, 0.2) is 11.5 Å². The largest absolute Gasteiger partial charge is 0.493 e. The number of hydrogen-bond acceptors (Lipinski definition) is 5. The van der Waals surface area contributed by atoms with Crippen molar-refractivity contribution >= 4 is 11.7 Å². The normalized spacial score (nSPS) is 17.1. The molecule has 0 aliphatic carbocycles. The summed E-state index contributed by atoms with van der Waals surface area (Å²) >= 11 is 0. The van der Waals surface area contributed by atoms with Gasteiger partial charge in [-0.05, 0) is 18.6 Å². The lowest BCUT2D eigenvalue weighted by Crippen LogP contribution is -2.37. The minimum Gasteiger partial charge on any atom is -0.493 e. The van der Waals surface area contributed by atoms with E-state index in [4.69, 9.17) is 14.2 Å². The van der Waals surface area contributed by atoms with E-state index >= 15 is 0 Å². The Bertz CT molecular complexity index is 487. The number of carbonyl (C=O) groups is 1. The molecule has 0 N–H and O–H groups in total. The number of hydrogen-bond donors (Lipinski definition) is 0. The Morgan fingerprint density at radius 2 is 1.95 bits per heavy atom. The van der Waals surface area contributed by atoms with E-state index in [1.807, 2.05) is 31.0 Å². The van der Waals surface area contributed by atoms with Crippen LogP contribution in [-0.4, -0.2) is 39.9 Å². The van der Waals surface area contributed by atoms with Crippen molar-refractivity contribution in [1.29, 1.82) is 0 Å². The standard InChI is InChI=1S/C14H19NO4/c1-5-19-14(16)11-6-9-7-12(17-3)13(18-4)8-10(9)15(11)2/h7-8,11H,5-6H2,1-4H3. The van der Waals surface area contributed by atoms with Crippen LogP contribution in [0.4, 0.5) is 5.69 Å². The minimum atomic E-state index is -0.272. The summed E-state index contributed by atoms with van der Waals surface area (Å²) in [5.41, 5.74) is 2.05. The van der Waals surface area contributed by atoms with Crippen LogP contribution in [-0.2, 0) is 16.0 Å². The van der Waals surface area contributed by atoms with Crippen molar-refractivity contribution in [3.8, 4) is 11.5 Å². The molecule has 1 aliphatic heterocycles. The fourth-order valence-electron chi connectivity index (χ4n) is 2.40. The highest BCUT2D eigenvalue weighted by atomic mass is 16.5. The van der Waals surface area contributed by atoms with Gasteiger partial charge >= 0.3 is 5.97 Å². The Balaban J connectivity index is 2.32. The second kappa shape index (κ2) is 5.38. The van der Waals surface area contributed by atoms with Crippen LogP contribution in [0, 0.1) is 0 Å². The van der Waals surface area contributed by atoms with E-state index in [1.54, 1.807) is 14.2 Å². The van der Waals surface area contributed by atoms with E-state index in [-0.39, 0.29) is 12.0 Å². The van der Waals surface area contributed by atoms with Crippen molar-refractivity contribution < 1.29 is 19.0 Å². The molecule has 0 saturated carbocycles. The first-order valence-corrected chi connectivity index (χ1v) is 6.26. The first-order valence-electron chi connectivity index (χ1n) is 6.26. The monoisotopic (exact) mass is 265 g/mol. The number of nitrogens with zero attached hydrogens (tertiary/aromatic N) is 1. The van der Waals surface area contributed by atoms with Crippen molar-refractivity contribution in [2.75, 3.05) is 32.8 Å². The number of benzene rings is 1. The molecule has 0 aromatic heterocycles. The fourth-order valence-corrected chi connectivity index (χ4v) is 2.40. The Hall–Kier alpha value is -1.91. The molecule has 1 aromatic carbocycles. The summed E-state index contributed by atoms with van der Waals surface area (Å²) in [5.74, 6) is 1.15. The molecule has 0 saturated heterocycles. The maximum absolute atomic E-state index is 11.9. The highest BCUT2D eigenvalue weighted by Gasteiger charge is 2.34. The molecule has 1 unspecified atom stereocenters. The molecular weight excluding hydrogens is 246 g/mol. The molecule has 0 amide bonds. The third-order valence-electron chi connectivity index (χ3n) is 3.40. The van der Waals surface area contributed by atoms with Gasteiger partial charge in [-0.15, -0.1) is 0 Å². The van der Waals surface area contributed by atoms with Crippen molar-refractivity contribution in [2.45, 2.75) is 19.4 Å². The zero-order valence-corrected chi connectivity index (χ0v) is 11.7. The molecule has 5 heteroatoms. The second-order valence-corrected chi connectivity index (χ2v) is 4.42. The predicted octanol–water partition coefficient (Wildman–Crippen LogP) is 1.63. The summed E-state index contributed by atoms with van der Waals surface area (Å²) < 4.78 is 15.7. The topological polar surface area (TPSA) is 48.0 Å². The third kappa shape index (κ3) is 2.32. The van der Waals surface area contributed by atoms with Crippen molar-refractivity contribution in [3.05, 3.63) is 17.7 Å². The second-order valence-electron chi connectivity index (χ2n) is 4.42. The maximum Gasteiger partial charge on any atom is 0.329 e. The molecule has 104 valence electrons. The van der Waals surface area contributed by atoms with Crippen molar-refractivity contribution in [2.24, 2.45) is 0 Å². The van der Waals surface area contributed by atoms with Gasteiger partial charge in [-0.1, -0.05) is 0 Å². The average Bonchev–Trinajstić information content (AvgIpc) is 2.74. The molecule has 0 fully saturated rings. The quantitative estimate of drug-likeness (QED) is 0.774. The van der Waals surface area contributed by atoms with Gasteiger partial charge in [-0.3, -0.25) is 0 Å². The SMILES string of the molecule is CCOC(=O)C1Cc2cc(OC)c(OC)cc2N1C. The predicted molar refractivity (Wildman–Crippen MR) is 72.1 cm³/mol. The average molecular weight is 265 g/mol. The molecule has 1 aromatic rings. The van der Waals surface area contributed by atoms with Crippen molar-refractivity contribution in [1.82, 2.24) is 0 Å². The number of fused-ring (bicyclic) bond motifs is 1. The Morgan fingerprint density at radius 3 is 2.53 bits per heavy atom. The number of methoxy groups -OCH3 is 2. The molecule has 1 heterocycles. The first kappa shape index (κ1) is 13.5. The number of ether oxygens (including phenoxy) is 3. The van der Waals surface area contributed by atoms with Crippen LogP contribution in [0.1, 0.15) is 12.5 Å². The smallest absolute Gasteiger partial charge is 0.329 e. The van der Waals surface area contributed by atoms with E-state index in [0.29, 0.717) is 24.5 Å². The van der Waals surface area contributed by atoms with Gasteiger partial charge in [-0.2, -0.15) is 0 Å². The third-order valence-corrected chi connectivity index (χ3v) is 3.40. The summed E-state index contributed by atoms with van der Waals surface area (Å²) in [7, 11) is 5.09. The number of esters is 1. The van der Waals surface area contributed by atoms with Crippen LogP contribution in [0.25, 0.3) is 0 Å². The summed E-state index contributed by atoms with van der Waals surface area (Å²) in [6.07, 6.45) is 0.630. The lowest BCUT2D eigenvalue weighted by molar-refractivity contribution is -0.144. The Labute approximate surface area is 113 Å². The Morgan fingerprint density at radius 1 is 1.32 bits per heavy atom. The van der Waals surface area contributed by atoms with E-state index in [0.717, 1.165) is 11.3 Å². The van der Waals surface area contributed by atoms with Gasteiger partial charge in [0.05, 0.1) is 20.8 Å². The summed E-state index contributed by atoms with van der Waals surface area (Å²) in [4.78, 5) is 13.8. The molecule has 2 rings (SSSR count). The lowest BCUT2D eigenvalue weighted by Gasteiger charge is -2.21. The zero-order chi connectivity index (χ0) is 14.0. The van der Waals surface area contributed by atoms with Crippen LogP contribution in [0.5, 0.6) is 11.5 Å². The van der Waals surface area contributed by atoms with Gasteiger partial charge < -0.3 is 19.1 Å². The molecule has 0 radical (unpaired) electrons. The maximum atomic E-state index is 11.9. The first-order chi connectivity index (χ1) is 9.12. The zero-order valence-electron chi connectivity index (χ0n) is 11.7. The molecule has 1 aliphatic rings. The van der Waals surface area contributed by atoms with E-state index in [1.165, 1.54) is 0 Å².